The second-order valence-corrected chi connectivity index (χ2v) is 9.47. The van der Waals surface area contributed by atoms with E-state index in [9.17, 15) is 18.0 Å². The summed E-state index contributed by atoms with van der Waals surface area (Å²) >= 11 is 0. The zero-order valence-electron chi connectivity index (χ0n) is 14.8. The molecule has 3 heterocycles. The number of piperidine rings is 1. The zero-order chi connectivity index (χ0) is 19.0. The summed E-state index contributed by atoms with van der Waals surface area (Å²) < 4.78 is 33.6. The predicted molar refractivity (Wildman–Crippen MR) is 96.4 cm³/mol. The van der Waals surface area contributed by atoms with Gasteiger partial charge in [0.15, 0.2) is 21.3 Å². The first-order chi connectivity index (χ1) is 12.9. The van der Waals surface area contributed by atoms with Gasteiger partial charge in [0.05, 0.1) is 11.5 Å². The third-order valence-electron chi connectivity index (χ3n) is 5.35. The summed E-state index contributed by atoms with van der Waals surface area (Å²) in [7, 11) is -3.01. The van der Waals surface area contributed by atoms with Gasteiger partial charge in [0, 0.05) is 30.6 Å². The van der Waals surface area contributed by atoms with Crippen molar-refractivity contribution in [3.05, 3.63) is 23.8 Å². The molecule has 0 bridgehead atoms. The van der Waals surface area contributed by atoms with Crippen LogP contribution < -0.4 is 14.8 Å². The van der Waals surface area contributed by atoms with Crippen molar-refractivity contribution in [2.75, 3.05) is 31.4 Å². The van der Waals surface area contributed by atoms with Gasteiger partial charge in [-0.25, -0.2) is 8.42 Å². The van der Waals surface area contributed by atoms with Crippen molar-refractivity contribution >= 4 is 21.7 Å². The molecular formula is C18H22N2O6S. The maximum atomic E-state index is 12.7. The third-order valence-corrected chi connectivity index (χ3v) is 7.12. The Morgan fingerprint density at radius 3 is 2.52 bits per heavy atom. The molecule has 1 atom stereocenters. The van der Waals surface area contributed by atoms with Gasteiger partial charge in [-0.05, 0) is 37.5 Å². The maximum Gasteiger partial charge on any atom is 0.253 e. The van der Waals surface area contributed by atoms with Crippen molar-refractivity contribution in [3.63, 3.8) is 0 Å². The number of nitrogens with zero attached hydrogens (tertiary/aromatic N) is 1. The van der Waals surface area contributed by atoms with Crippen LogP contribution in [-0.4, -0.2) is 62.6 Å². The van der Waals surface area contributed by atoms with Gasteiger partial charge in [-0.2, -0.15) is 0 Å². The minimum Gasteiger partial charge on any atom is -0.454 e. The summed E-state index contributed by atoms with van der Waals surface area (Å²) in [5, 5.41) is 2.86. The first-order valence-electron chi connectivity index (χ1n) is 9.11. The van der Waals surface area contributed by atoms with Crippen molar-refractivity contribution in [3.8, 4) is 11.5 Å². The molecule has 2 saturated heterocycles. The Morgan fingerprint density at radius 1 is 1.07 bits per heavy atom. The molecule has 27 heavy (non-hydrogen) atoms. The Morgan fingerprint density at radius 2 is 1.81 bits per heavy atom. The van der Waals surface area contributed by atoms with E-state index in [0.717, 1.165) is 0 Å². The second kappa shape index (κ2) is 7.03. The van der Waals surface area contributed by atoms with E-state index >= 15 is 0 Å². The molecule has 2 amide bonds. The number of benzene rings is 1. The van der Waals surface area contributed by atoms with Gasteiger partial charge in [0.25, 0.3) is 5.91 Å². The molecule has 0 aromatic heterocycles. The average molecular weight is 394 g/mol. The minimum atomic E-state index is -3.01. The molecule has 0 radical (unpaired) electrons. The van der Waals surface area contributed by atoms with Crippen LogP contribution in [0.3, 0.4) is 0 Å². The molecule has 3 aliphatic heterocycles. The maximum absolute atomic E-state index is 12.7. The summed E-state index contributed by atoms with van der Waals surface area (Å²) in [6, 6.07) is 4.85. The van der Waals surface area contributed by atoms with E-state index in [1.54, 1.807) is 23.1 Å². The second-order valence-electron chi connectivity index (χ2n) is 7.24. The van der Waals surface area contributed by atoms with E-state index in [2.05, 4.69) is 5.32 Å². The van der Waals surface area contributed by atoms with Gasteiger partial charge in [-0.1, -0.05) is 0 Å². The Labute approximate surface area is 157 Å². The lowest BCUT2D eigenvalue weighted by Crippen LogP contribution is -2.45. The molecule has 0 saturated carbocycles. The summed E-state index contributed by atoms with van der Waals surface area (Å²) in [5.41, 5.74) is 0.540. The van der Waals surface area contributed by atoms with Crippen molar-refractivity contribution in [2.24, 2.45) is 5.92 Å². The van der Waals surface area contributed by atoms with Crippen molar-refractivity contribution in [1.29, 1.82) is 0 Å². The number of amides is 2. The van der Waals surface area contributed by atoms with Crippen LogP contribution in [0.1, 0.15) is 29.6 Å². The van der Waals surface area contributed by atoms with Gasteiger partial charge < -0.3 is 19.7 Å². The fourth-order valence-electron chi connectivity index (χ4n) is 3.78. The highest BCUT2D eigenvalue weighted by Gasteiger charge is 2.33. The number of sulfone groups is 1. The number of nitrogens with one attached hydrogen (secondary N) is 1. The number of hydrogen-bond donors (Lipinski definition) is 1. The Balaban J connectivity index is 1.31. The van der Waals surface area contributed by atoms with E-state index in [0.29, 0.717) is 49.4 Å². The number of fused-ring (bicyclic) bond motifs is 1. The van der Waals surface area contributed by atoms with Crippen LogP contribution in [0.2, 0.25) is 0 Å². The van der Waals surface area contributed by atoms with Crippen molar-refractivity contribution < 1.29 is 27.5 Å². The number of likely N-dealkylation sites (tertiary alicyclic amines) is 1. The fraction of sp³-hybridized carbons (Fsp3) is 0.556. The fourth-order valence-corrected chi connectivity index (χ4v) is 5.46. The van der Waals surface area contributed by atoms with E-state index < -0.39 is 9.84 Å². The lowest BCUT2D eigenvalue weighted by Gasteiger charge is -2.32. The normalized spacial score (nSPS) is 24.0. The van der Waals surface area contributed by atoms with Crippen LogP contribution in [0.5, 0.6) is 11.5 Å². The number of rotatable bonds is 3. The van der Waals surface area contributed by atoms with E-state index in [1.165, 1.54) is 0 Å². The number of hydrogen-bond acceptors (Lipinski definition) is 6. The Bertz CT molecular complexity index is 861. The summed E-state index contributed by atoms with van der Waals surface area (Å²) in [4.78, 5) is 26.8. The molecule has 2 fully saturated rings. The predicted octanol–water partition coefficient (Wildman–Crippen LogP) is 0.571. The molecule has 9 heteroatoms. The van der Waals surface area contributed by atoms with E-state index in [-0.39, 0.29) is 42.1 Å². The highest BCUT2D eigenvalue weighted by Crippen LogP contribution is 2.33. The van der Waals surface area contributed by atoms with Crippen LogP contribution in [0.25, 0.3) is 0 Å². The molecule has 1 unspecified atom stereocenters. The van der Waals surface area contributed by atoms with Gasteiger partial charge in [-0.3, -0.25) is 9.59 Å². The van der Waals surface area contributed by atoms with Crippen LogP contribution >= 0.6 is 0 Å². The first-order valence-corrected chi connectivity index (χ1v) is 10.9. The van der Waals surface area contributed by atoms with Gasteiger partial charge in [-0.15, -0.1) is 0 Å². The van der Waals surface area contributed by atoms with E-state index in [4.69, 9.17) is 9.47 Å². The lowest BCUT2D eigenvalue weighted by atomic mass is 9.95. The first kappa shape index (κ1) is 18.1. The molecular weight excluding hydrogens is 372 g/mol. The SMILES string of the molecule is O=C(NC1CCS(=O)(=O)C1)C1CCN(C(=O)c2ccc3c(c2)OCO3)CC1. The largest absolute Gasteiger partial charge is 0.454 e. The molecule has 0 aliphatic carbocycles. The number of carbonyl (C=O) groups is 2. The standard InChI is InChI=1S/C18H22N2O6S/c21-17(19-14-5-8-27(23,24)10-14)12-3-6-20(7-4-12)18(22)13-1-2-15-16(9-13)26-11-25-15/h1-2,9,12,14H,3-8,10-11H2,(H,19,21). The molecule has 0 spiro atoms. The smallest absolute Gasteiger partial charge is 0.253 e. The molecule has 3 aliphatic rings. The Hall–Kier alpha value is -2.29. The average Bonchev–Trinajstić information content (AvgIpc) is 3.26. The topological polar surface area (TPSA) is 102 Å². The third kappa shape index (κ3) is 3.87. The van der Waals surface area contributed by atoms with Crippen LogP contribution in [0, 0.1) is 5.92 Å². The number of carbonyl (C=O) groups excluding carboxylic acids is 2. The monoisotopic (exact) mass is 394 g/mol. The number of ether oxygens (including phenoxy) is 2. The molecule has 4 rings (SSSR count). The molecule has 1 N–H and O–H groups in total. The molecule has 146 valence electrons. The van der Waals surface area contributed by atoms with Crippen molar-refractivity contribution in [2.45, 2.75) is 25.3 Å². The highest BCUT2D eigenvalue weighted by molar-refractivity contribution is 7.91. The van der Waals surface area contributed by atoms with Gasteiger partial charge in [0.2, 0.25) is 12.7 Å². The molecule has 8 nitrogen and oxygen atoms in total. The zero-order valence-corrected chi connectivity index (χ0v) is 15.7. The van der Waals surface area contributed by atoms with E-state index in [1.807, 2.05) is 0 Å². The lowest BCUT2D eigenvalue weighted by molar-refractivity contribution is -0.126. The quantitative estimate of drug-likeness (QED) is 0.804. The van der Waals surface area contributed by atoms with Crippen LogP contribution in [0.15, 0.2) is 18.2 Å². The molecule has 1 aromatic rings. The molecule has 1 aromatic carbocycles. The van der Waals surface area contributed by atoms with Crippen LogP contribution in [-0.2, 0) is 14.6 Å². The minimum absolute atomic E-state index is 0.0280. The van der Waals surface area contributed by atoms with Crippen LogP contribution in [0.4, 0.5) is 0 Å². The van der Waals surface area contributed by atoms with Gasteiger partial charge in [0.1, 0.15) is 0 Å². The summed E-state index contributed by atoms with van der Waals surface area (Å²) in [5.74, 6) is 0.994. The Kier molecular flexibility index (Phi) is 4.71. The summed E-state index contributed by atoms with van der Waals surface area (Å²) in [6.07, 6.45) is 1.62. The van der Waals surface area contributed by atoms with Crippen molar-refractivity contribution in [1.82, 2.24) is 10.2 Å². The van der Waals surface area contributed by atoms with Gasteiger partial charge >= 0.3 is 0 Å². The summed E-state index contributed by atoms with van der Waals surface area (Å²) in [6.45, 7) is 1.15. The highest BCUT2D eigenvalue weighted by atomic mass is 32.2.